The summed E-state index contributed by atoms with van der Waals surface area (Å²) in [7, 11) is 0. The number of fused-ring (bicyclic) bond motifs is 9. The lowest BCUT2D eigenvalue weighted by Gasteiger charge is -2.22. The minimum absolute atomic E-state index is 1.17. The molecule has 1 nitrogen and oxygen atoms in total. The van der Waals surface area contributed by atoms with Crippen LogP contribution in [0.2, 0.25) is 0 Å². The van der Waals surface area contributed by atoms with Gasteiger partial charge in [0.05, 0.1) is 11.0 Å². The first-order chi connectivity index (χ1) is 25.3. The number of hydrogen-bond acceptors (Lipinski definition) is 2. The highest BCUT2D eigenvalue weighted by molar-refractivity contribution is 8.00. The predicted molar refractivity (Wildman–Crippen MR) is 217 cm³/mol. The molecule has 0 N–H and O–H groups in total. The molecule has 0 spiro atoms. The molecule has 0 saturated heterocycles. The van der Waals surface area contributed by atoms with Gasteiger partial charge >= 0.3 is 0 Å². The zero-order valence-electron chi connectivity index (χ0n) is 27.7. The Hall–Kier alpha value is -5.74. The van der Waals surface area contributed by atoms with Crippen molar-refractivity contribution in [2.24, 2.45) is 0 Å². The fourth-order valence-electron chi connectivity index (χ4n) is 7.54. The first-order valence-corrected chi connectivity index (χ1v) is 18.9. The summed E-state index contributed by atoms with van der Waals surface area (Å²) in [4.78, 5) is 5.02. The van der Waals surface area contributed by atoms with E-state index in [-0.39, 0.29) is 0 Å². The highest BCUT2D eigenvalue weighted by Crippen LogP contribution is 2.51. The van der Waals surface area contributed by atoms with Crippen LogP contribution in [0.5, 0.6) is 0 Å². The van der Waals surface area contributed by atoms with Crippen LogP contribution in [0, 0.1) is 0 Å². The zero-order chi connectivity index (χ0) is 33.7. The van der Waals surface area contributed by atoms with E-state index in [9.17, 15) is 0 Å². The maximum absolute atomic E-state index is 2.41. The first-order valence-electron chi connectivity index (χ1n) is 17.3. The van der Waals surface area contributed by atoms with Crippen molar-refractivity contribution >= 4 is 45.3 Å². The van der Waals surface area contributed by atoms with Crippen LogP contribution >= 0.6 is 23.5 Å². The smallest absolute Gasteiger partial charge is 0.0547 e. The van der Waals surface area contributed by atoms with Gasteiger partial charge in [0.25, 0.3) is 0 Å². The molecule has 0 fully saturated rings. The molecule has 0 unspecified atom stereocenters. The van der Waals surface area contributed by atoms with Crippen molar-refractivity contribution in [1.29, 1.82) is 0 Å². The Balaban J connectivity index is 1.20. The second kappa shape index (κ2) is 12.5. The van der Waals surface area contributed by atoms with Crippen LogP contribution in [-0.4, -0.2) is 4.57 Å². The van der Waals surface area contributed by atoms with Gasteiger partial charge in [-0.15, -0.1) is 0 Å². The fourth-order valence-corrected chi connectivity index (χ4v) is 9.82. The lowest BCUT2D eigenvalue weighted by Crippen LogP contribution is -1.95. The Morgan fingerprint density at radius 3 is 1.73 bits per heavy atom. The number of aromatic nitrogens is 1. The molecule has 3 heteroatoms. The molecular weight excluding hydrogens is 655 g/mol. The molecule has 0 aliphatic carbocycles. The number of para-hydroxylation sites is 2. The second-order valence-corrected chi connectivity index (χ2v) is 15.0. The third-order valence-electron chi connectivity index (χ3n) is 9.89. The normalized spacial score (nSPS) is 12.2. The van der Waals surface area contributed by atoms with E-state index >= 15 is 0 Å². The van der Waals surface area contributed by atoms with Crippen molar-refractivity contribution in [3.63, 3.8) is 0 Å². The molecule has 51 heavy (non-hydrogen) atoms. The first kappa shape index (κ1) is 30.1. The molecule has 0 radical (unpaired) electrons. The average molecular weight is 686 g/mol. The largest absolute Gasteiger partial charge is 0.309 e. The van der Waals surface area contributed by atoms with E-state index in [1.807, 2.05) is 23.5 Å². The number of nitrogens with zero attached hydrogens (tertiary/aromatic N) is 1. The lowest BCUT2D eigenvalue weighted by atomic mass is 9.94. The Labute approximate surface area is 306 Å². The molecule has 9 aromatic rings. The lowest BCUT2D eigenvalue weighted by molar-refractivity contribution is 1.18. The van der Waals surface area contributed by atoms with Crippen LogP contribution in [0.1, 0.15) is 0 Å². The Kier molecular flexibility index (Phi) is 7.41. The second-order valence-electron chi connectivity index (χ2n) is 12.9. The highest BCUT2D eigenvalue weighted by atomic mass is 32.2. The third-order valence-corrected chi connectivity index (χ3v) is 12.2. The van der Waals surface area contributed by atoms with Gasteiger partial charge in [-0.05, 0) is 87.5 Å². The van der Waals surface area contributed by atoms with Gasteiger partial charge in [0.15, 0.2) is 0 Å². The van der Waals surface area contributed by atoms with Crippen molar-refractivity contribution in [2.75, 3.05) is 0 Å². The van der Waals surface area contributed by atoms with Gasteiger partial charge in [0.1, 0.15) is 0 Å². The number of benzene rings is 8. The Morgan fingerprint density at radius 2 is 0.882 bits per heavy atom. The summed E-state index contributed by atoms with van der Waals surface area (Å²) in [5.74, 6) is 0. The standard InChI is InChI=1S/C48H31NS2/c1-3-14-32(15-4-1)36-21-13-25-46-48(36)41-20-9-12-24-45(41)50-44-23-11-8-19-39(44)40-29-27-34(31-47(40)51-46)33-26-28-38-37-18-7-10-22-42(37)49(43(38)30-33)35-16-5-2-6-17-35/h1-31H. The predicted octanol–water partition coefficient (Wildman–Crippen LogP) is 14.1. The van der Waals surface area contributed by atoms with E-state index in [1.54, 1.807) is 0 Å². The SMILES string of the molecule is c1ccc(-c2cccc3c2-c2ccccc2Sc2ccccc2-c2ccc(-c4ccc5c6ccccc6n(-c6ccccc6)c5c4)cc2S3)cc1. The number of rotatable bonds is 3. The van der Waals surface area contributed by atoms with E-state index in [1.165, 1.54) is 91.6 Å². The van der Waals surface area contributed by atoms with Crippen LogP contribution in [0.4, 0.5) is 0 Å². The molecule has 8 aromatic carbocycles. The van der Waals surface area contributed by atoms with Gasteiger partial charge in [-0.2, -0.15) is 0 Å². The maximum atomic E-state index is 2.41. The molecule has 1 aliphatic rings. The van der Waals surface area contributed by atoms with Gasteiger partial charge in [0, 0.05) is 41.6 Å². The number of hydrogen-bond donors (Lipinski definition) is 0. The Morgan fingerprint density at radius 1 is 0.314 bits per heavy atom. The van der Waals surface area contributed by atoms with Crippen LogP contribution in [0.3, 0.4) is 0 Å². The Bertz CT molecular complexity index is 2740. The molecule has 240 valence electrons. The van der Waals surface area contributed by atoms with Gasteiger partial charge in [-0.25, -0.2) is 0 Å². The fraction of sp³-hybridized carbons (Fsp3) is 0. The van der Waals surface area contributed by atoms with E-state index in [0.717, 1.165) is 0 Å². The van der Waals surface area contributed by atoms with Crippen molar-refractivity contribution in [1.82, 2.24) is 4.57 Å². The summed E-state index contributed by atoms with van der Waals surface area (Å²) in [5, 5.41) is 2.53. The summed E-state index contributed by atoms with van der Waals surface area (Å²) < 4.78 is 2.40. The zero-order valence-corrected chi connectivity index (χ0v) is 29.3. The van der Waals surface area contributed by atoms with Crippen molar-refractivity contribution in [3.8, 4) is 50.2 Å². The monoisotopic (exact) mass is 685 g/mol. The van der Waals surface area contributed by atoms with Crippen LogP contribution in [0.15, 0.2) is 208 Å². The topological polar surface area (TPSA) is 4.93 Å². The average Bonchev–Trinajstić information content (AvgIpc) is 3.53. The van der Waals surface area contributed by atoms with Gasteiger partial charge in [-0.3, -0.25) is 0 Å². The third kappa shape index (κ3) is 5.20. The van der Waals surface area contributed by atoms with E-state index < -0.39 is 0 Å². The summed E-state index contributed by atoms with van der Waals surface area (Å²) >= 11 is 3.74. The summed E-state index contributed by atoms with van der Waals surface area (Å²) in [6.07, 6.45) is 0. The molecule has 1 aromatic heterocycles. The van der Waals surface area contributed by atoms with Gasteiger partial charge in [0.2, 0.25) is 0 Å². The summed E-state index contributed by atoms with van der Waals surface area (Å²) in [6.45, 7) is 0. The molecule has 2 heterocycles. The summed E-state index contributed by atoms with van der Waals surface area (Å²) in [5.41, 5.74) is 13.5. The minimum Gasteiger partial charge on any atom is -0.309 e. The maximum Gasteiger partial charge on any atom is 0.0547 e. The molecule has 0 atom stereocenters. The van der Waals surface area contributed by atoms with Crippen LogP contribution in [0.25, 0.3) is 72.0 Å². The highest BCUT2D eigenvalue weighted by Gasteiger charge is 2.22. The van der Waals surface area contributed by atoms with Crippen molar-refractivity contribution < 1.29 is 0 Å². The summed E-state index contributed by atoms with van der Waals surface area (Å²) in [6, 6.07) is 68.8. The molecule has 0 saturated carbocycles. The van der Waals surface area contributed by atoms with Gasteiger partial charge in [-0.1, -0.05) is 163 Å². The van der Waals surface area contributed by atoms with Crippen LogP contribution in [-0.2, 0) is 0 Å². The molecule has 10 rings (SSSR count). The minimum atomic E-state index is 1.17. The molecular formula is C48H31NS2. The molecule has 0 amide bonds. The van der Waals surface area contributed by atoms with Gasteiger partial charge < -0.3 is 4.57 Å². The molecule has 0 bridgehead atoms. The quantitative estimate of drug-likeness (QED) is 0.182. The van der Waals surface area contributed by atoms with E-state index in [4.69, 9.17) is 0 Å². The van der Waals surface area contributed by atoms with Crippen molar-refractivity contribution in [3.05, 3.63) is 188 Å². The van der Waals surface area contributed by atoms with E-state index in [0.29, 0.717) is 0 Å². The van der Waals surface area contributed by atoms with E-state index in [2.05, 4.69) is 193 Å². The molecule has 1 aliphatic heterocycles. The van der Waals surface area contributed by atoms with Crippen LogP contribution < -0.4 is 0 Å². The van der Waals surface area contributed by atoms with Crippen molar-refractivity contribution in [2.45, 2.75) is 19.6 Å².